The van der Waals surface area contributed by atoms with Gasteiger partial charge in [0, 0.05) is 12.7 Å². The van der Waals surface area contributed by atoms with E-state index < -0.39 is 18.5 Å². The molecular formula is C21H17Cl2N5O3S. The first kappa shape index (κ1) is 22.2. The van der Waals surface area contributed by atoms with Gasteiger partial charge in [0.25, 0.3) is 5.91 Å². The number of esters is 1. The lowest BCUT2D eigenvalue weighted by Crippen LogP contribution is -2.22. The second-order valence-electron chi connectivity index (χ2n) is 6.75. The molecule has 4 aromatic heterocycles. The molecule has 0 aliphatic heterocycles. The number of hydrogen-bond acceptors (Lipinski definition) is 7. The van der Waals surface area contributed by atoms with E-state index >= 15 is 0 Å². The monoisotopic (exact) mass is 489 g/mol. The maximum atomic E-state index is 12.9. The third-order valence-corrected chi connectivity index (χ3v) is 6.43. The van der Waals surface area contributed by atoms with Gasteiger partial charge in [-0.1, -0.05) is 29.3 Å². The molecular weight excluding hydrogens is 473 g/mol. The molecule has 0 aliphatic carbocycles. The van der Waals surface area contributed by atoms with Crippen LogP contribution in [-0.4, -0.2) is 38.2 Å². The molecule has 11 heteroatoms. The van der Waals surface area contributed by atoms with Gasteiger partial charge >= 0.3 is 5.97 Å². The van der Waals surface area contributed by atoms with Crippen LogP contribution in [0.3, 0.4) is 0 Å². The fourth-order valence-corrected chi connectivity index (χ4v) is 4.10. The molecule has 8 nitrogen and oxygen atoms in total. The van der Waals surface area contributed by atoms with Crippen LogP contribution in [0.4, 0.5) is 5.82 Å². The number of nitrogens with one attached hydrogen (secondary N) is 1. The predicted octanol–water partition coefficient (Wildman–Crippen LogP) is 4.99. The van der Waals surface area contributed by atoms with Gasteiger partial charge in [0.2, 0.25) is 0 Å². The topological polar surface area (TPSA) is 99.0 Å². The number of hydrogen-bond donors (Lipinski definition) is 1. The van der Waals surface area contributed by atoms with Crippen molar-refractivity contribution in [2.75, 3.05) is 11.9 Å². The zero-order valence-electron chi connectivity index (χ0n) is 17.1. The van der Waals surface area contributed by atoms with Crippen LogP contribution in [0.1, 0.15) is 22.8 Å². The number of carbonyl (C=O) groups is 2. The molecule has 0 atom stereocenters. The highest BCUT2D eigenvalue weighted by atomic mass is 35.5. The lowest BCUT2D eigenvalue weighted by molar-refractivity contribution is -0.119. The van der Waals surface area contributed by atoms with Crippen molar-refractivity contribution in [3.05, 3.63) is 57.1 Å². The summed E-state index contributed by atoms with van der Waals surface area (Å²) >= 11 is 13.6. The summed E-state index contributed by atoms with van der Waals surface area (Å²) in [5, 5.41) is 9.90. The predicted molar refractivity (Wildman–Crippen MR) is 124 cm³/mol. The Hall–Kier alpha value is -3.01. The van der Waals surface area contributed by atoms with Crippen LogP contribution in [0, 0.1) is 6.92 Å². The van der Waals surface area contributed by atoms with Crippen LogP contribution in [0.25, 0.3) is 21.6 Å². The Balaban J connectivity index is 1.55. The van der Waals surface area contributed by atoms with E-state index in [2.05, 4.69) is 20.4 Å². The average molecular weight is 490 g/mol. The van der Waals surface area contributed by atoms with Gasteiger partial charge in [0.05, 0.1) is 37.8 Å². The third-order valence-electron chi connectivity index (χ3n) is 4.70. The smallest absolute Gasteiger partial charge is 0.339 e. The van der Waals surface area contributed by atoms with Crippen LogP contribution >= 0.6 is 34.5 Å². The Kier molecular flexibility index (Phi) is 6.40. The number of pyridine rings is 2. The fraction of sp³-hybridized carbons (Fsp3) is 0.190. The van der Waals surface area contributed by atoms with Crippen LogP contribution in [0.2, 0.25) is 10.0 Å². The highest BCUT2D eigenvalue weighted by Crippen LogP contribution is 2.29. The molecule has 0 aliphatic rings. The lowest BCUT2D eigenvalue weighted by atomic mass is 10.1. The molecule has 0 aromatic carbocycles. The number of nitrogens with zero attached hydrogens (tertiary/aromatic N) is 4. The summed E-state index contributed by atoms with van der Waals surface area (Å²) < 4.78 is 6.97. The van der Waals surface area contributed by atoms with Crippen molar-refractivity contribution in [1.82, 2.24) is 19.7 Å². The number of aromatic nitrogens is 4. The molecule has 0 saturated heterocycles. The van der Waals surface area contributed by atoms with E-state index in [9.17, 15) is 9.59 Å². The van der Waals surface area contributed by atoms with Gasteiger partial charge < -0.3 is 10.1 Å². The summed E-state index contributed by atoms with van der Waals surface area (Å²) in [6.07, 6.45) is 2.95. The number of rotatable bonds is 6. The van der Waals surface area contributed by atoms with Gasteiger partial charge in [-0.05, 0) is 36.9 Å². The Labute approximate surface area is 197 Å². The Morgan fingerprint density at radius 2 is 2.09 bits per heavy atom. The molecule has 0 unspecified atom stereocenters. The Morgan fingerprint density at radius 1 is 1.28 bits per heavy atom. The van der Waals surface area contributed by atoms with Crippen molar-refractivity contribution < 1.29 is 14.3 Å². The summed E-state index contributed by atoms with van der Waals surface area (Å²) in [6, 6.07) is 5.47. The summed E-state index contributed by atoms with van der Waals surface area (Å²) in [5.74, 6) is -1.10. The fourth-order valence-electron chi connectivity index (χ4n) is 3.02. The number of anilines is 1. The van der Waals surface area contributed by atoms with E-state index in [0.29, 0.717) is 33.9 Å². The van der Waals surface area contributed by atoms with E-state index in [0.717, 1.165) is 4.88 Å². The largest absolute Gasteiger partial charge is 0.452 e. The highest BCUT2D eigenvalue weighted by molar-refractivity contribution is 7.13. The van der Waals surface area contributed by atoms with E-state index in [1.165, 1.54) is 17.5 Å². The minimum absolute atomic E-state index is 0.144. The second-order valence-corrected chi connectivity index (χ2v) is 8.48. The van der Waals surface area contributed by atoms with E-state index in [1.807, 2.05) is 24.4 Å². The van der Waals surface area contributed by atoms with Crippen LogP contribution in [-0.2, 0) is 16.1 Å². The van der Waals surface area contributed by atoms with Crippen molar-refractivity contribution in [2.24, 2.45) is 0 Å². The van der Waals surface area contributed by atoms with Crippen molar-refractivity contribution in [3.8, 4) is 10.6 Å². The first-order chi connectivity index (χ1) is 15.4. The average Bonchev–Trinajstić information content (AvgIpc) is 3.47. The number of aryl methyl sites for hydroxylation is 1. The van der Waals surface area contributed by atoms with Crippen LogP contribution in [0.15, 0.2) is 36.0 Å². The quantitative estimate of drug-likeness (QED) is 0.383. The molecule has 0 saturated carbocycles. The molecule has 0 bridgehead atoms. The normalized spacial score (nSPS) is 11.0. The molecule has 0 radical (unpaired) electrons. The van der Waals surface area contributed by atoms with Gasteiger partial charge in [-0.15, -0.1) is 11.3 Å². The molecule has 4 heterocycles. The van der Waals surface area contributed by atoms with E-state index in [-0.39, 0.29) is 16.4 Å². The summed E-state index contributed by atoms with van der Waals surface area (Å²) in [7, 11) is 0. The standard InChI is InChI=1S/C21H17Cl2N5O3S/c1-3-28-20-13(8-25-28)12(7-15(26-20)16-5-4-6-32-16)21(30)31-10-17(29)27-19-18(23)11(2)14(22)9-24-19/h4-9H,3,10H2,1-2H3,(H,24,27,29). The van der Waals surface area contributed by atoms with Gasteiger partial charge in [-0.2, -0.15) is 5.10 Å². The molecule has 4 aromatic rings. The second kappa shape index (κ2) is 9.23. The van der Waals surface area contributed by atoms with E-state index in [1.54, 1.807) is 23.9 Å². The molecule has 1 N–H and O–H groups in total. The zero-order chi connectivity index (χ0) is 22.8. The minimum atomic E-state index is -0.660. The highest BCUT2D eigenvalue weighted by Gasteiger charge is 2.20. The van der Waals surface area contributed by atoms with Crippen molar-refractivity contribution in [1.29, 1.82) is 0 Å². The lowest BCUT2D eigenvalue weighted by Gasteiger charge is -2.10. The van der Waals surface area contributed by atoms with Crippen molar-refractivity contribution in [2.45, 2.75) is 20.4 Å². The molecule has 4 rings (SSSR count). The maximum Gasteiger partial charge on any atom is 0.339 e. The molecule has 32 heavy (non-hydrogen) atoms. The molecule has 0 fully saturated rings. The Bertz CT molecular complexity index is 1320. The van der Waals surface area contributed by atoms with Gasteiger partial charge in [-0.3, -0.25) is 4.79 Å². The molecule has 164 valence electrons. The van der Waals surface area contributed by atoms with Gasteiger partial charge in [0.1, 0.15) is 0 Å². The summed E-state index contributed by atoms with van der Waals surface area (Å²) in [4.78, 5) is 34.8. The number of amides is 1. The van der Waals surface area contributed by atoms with Gasteiger partial charge in [0.15, 0.2) is 18.1 Å². The number of ether oxygens (including phenoxy) is 1. The van der Waals surface area contributed by atoms with Gasteiger partial charge in [-0.25, -0.2) is 19.4 Å². The number of thiophene rings is 1. The molecule has 0 spiro atoms. The first-order valence-corrected chi connectivity index (χ1v) is 11.2. The number of carbonyl (C=O) groups excluding carboxylic acids is 2. The number of fused-ring (bicyclic) bond motifs is 1. The number of halogens is 2. The zero-order valence-corrected chi connectivity index (χ0v) is 19.4. The summed E-state index contributed by atoms with van der Waals surface area (Å²) in [5.41, 5.74) is 2.07. The molecule has 1 amide bonds. The maximum absolute atomic E-state index is 12.9. The SMILES string of the molecule is CCn1ncc2c(C(=O)OCC(=O)Nc3ncc(Cl)c(C)c3Cl)cc(-c3cccs3)nc21. The van der Waals surface area contributed by atoms with Crippen molar-refractivity contribution >= 4 is 63.3 Å². The summed E-state index contributed by atoms with van der Waals surface area (Å²) in [6.45, 7) is 3.72. The first-order valence-electron chi connectivity index (χ1n) is 9.57. The van der Waals surface area contributed by atoms with Crippen LogP contribution in [0.5, 0.6) is 0 Å². The van der Waals surface area contributed by atoms with E-state index in [4.69, 9.17) is 27.9 Å². The Morgan fingerprint density at radius 3 is 2.81 bits per heavy atom. The minimum Gasteiger partial charge on any atom is -0.452 e. The third kappa shape index (κ3) is 4.32. The van der Waals surface area contributed by atoms with Crippen molar-refractivity contribution in [3.63, 3.8) is 0 Å². The van der Waals surface area contributed by atoms with Crippen LogP contribution < -0.4 is 5.32 Å².